The first kappa shape index (κ1) is 31.3. The maximum atomic E-state index is 15.7. The van der Waals surface area contributed by atoms with Crippen LogP contribution in [0.25, 0.3) is 0 Å². The fraction of sp³-hybridized carbons (Fsp3) is 0.368. The maximum absolute atomic E-state index is 15.7. The summed E-state index contributed by atoms with van der Waals surface area (Å²) in [5, 5.41) is 0. The van der Waals surface area contributed by atoms with Gasteiger partial charge in [-0.2, -0.15) is 0 Å². The highest BCUT2D eigenvalue weighted by Crippen LogP contribution is 2.47. The number of benzene rings is 4. The number of hydrogen-bond acceptors (Lipinski definition) is 7. The SMILES string of the molecule is CCCN1CC(Oc2c(F)cc(N3c4ccc(OCc5ccccc5)cc4OC[C@H]3c3ccc(OC4CCCCO4)cc3)cc2F)C1. The van der Waals surface area contributed by atoms with E-state index in [2.05, 4.69) is 11.8 Å². The molecule has 3 aliphatic heterocycles. The first-order valence-electron chi connectivity index (χ1n) is 16.5. The highest BCUT2D eigenvalue weighted by molar-refractivity contribution is 5.73. The van der Waals surface area contributed by atoms with Gasteiger partial charge in [0.25, 0.3) is 0 Å². The third-order valence-corrected chi connectivity index (χ3v) is 8.83. The quantitative estimate of drug-likeness (QED) is 0.164. The van der Waals surface area contributed by atoms with Crippen LogP contribution in [0.5, 0.6) is 23.0 Å². The smallest absolute Gasteiger partial charge is 0.199 e. The van der Waals surface area contributed by atoms with E-state index in [4.69, 9.17) is 23.7 Å². The van der Waals surface area contributed by atoms with Crippen molar-refractivity contribution in [3.8, 4) is 23.0 Å². The molecule has 0 saturated carbocycles. The molecule has 2 saturated heterocycles. The van der Waals surface area contributed by atoms with Gasteiger partial charge in [-0.1, -0.05) is 49.4 Å². The Morgan fingerprint density at radius 3 is 2.34 bits per heavy atom. The zero-order valence-corrected chi connectivity index (χ0v) is 26.6. The van der Waals surface area contributed by atoms with E-state index in [1.807, 2.05) is 77.7 Å². The Labute approximate surface area is 274 Å². The predicted octanol–water partition coefficient (Wildman–Crippen LogP) is 8.19. The van der Waals surface area contributed by atoms with Crippen molar-refractivity contribution in [2.24, 2.45) is 0 Å². The van der Waals surface area contributed by atoms with E-state index in [1.165, 1.54) is 12.1 Å². The molecule has 0 bridgehead atoms. The molecule has 2 fully saturated rings. The second-order valence-corrected chi connectivity index (χ2v) is 12.3. The summed E-state index contributed by atoms with van der Waals surface area (Å²) in [6.45, 7) is 5.73. The molecule has 0 spiro atoms. The number of likely N-dealkylation sites (tertiary alicyclic amines) is 1. The van der Waals surface area contributed by atoms with Gasteiger partial charge in [0.15, 0.2) is 23.7 Å². The number of anilines is 2. The molecule has 4 aromatic carbocycles. The first-order valence-corrected chi connectivity index (χ1v) is 16.5. The minimum absolute atomic E-state index is 0.234. The molecule has 7 rings (SSSR count). The molecule has 2 atom stereocenters. The van der Waals surface area contributed by atoms with Gasteiger partial charge >= 0.3 is 0 Å². The largest absolute Gasteiger partial charge is 0.489 e. The van der Waals surface area contributed by atoms with Crippen LogP contribution in [0.1, 0.15) is 49.8 Å². The van der Waals surface area contributed by atoms with Gasteiger partial charge in [-0.25, -0.2) is 8.78 Å². The normalized spacial score (nSPS) is 19.8. The van der Waals surface area contributed by atoms with E-state index in [1.54, 1.807) is 0 Å². The van der Waals surface area contributed by atoms with Gasteiger partial charge < -0.3 is 28.6 Å². The molecule has 0 radical (unpaired) electrons. The monoisotopic (exact) mass is 642 g/mol. The van der Waals surface area contributed by atoms with E-state index in [9.17, 15) is 0 Å². The molecular weight excluding hydrogens is 602 g/mol. The minimum Gasteiger partial charge on any atom is -0.489 e. The van der Waals surface area contributed by atoms with Crippen molar-refractivity contribution in [2.75, 3.05) is 37.7 Å². The van der Waals surface area contributed by atoms with Crippen LogP contribution < -0.4 is 23.8 Å². The molecule has 3 heterocycles. The molecule has 47 heavy (non-hydrogen) atoms. The first-order chi connectivity index (χ1) is 23.0. The number of fused-ring (bicyclic) bond motifs is 1. The van der Waals surface area contributed by atoms with Crippen LogP contribution in [-0.2, 0) is 11.3 Å². The molecule has 9 heteroatoms. The lowest BCUT2D eigenvalue weighted by atomic mass is 10.0. The Hall–Kier alpha value is -4.34. The summed E-state index contributed by atoms with van der Waals surface area (Å²) in [5.41, 5.74) is 2.98. The van der Waals surface area contributed by atoms with Crippen LogP contribution in [-0.4, -0.2) is 50.1 Å². The summed E-state index contributed by atoms with van der Waals surface area (Å²) in [6, 6.07) is 25.5. The molecular formula is C38H40F2N2O5. The number of ether oxygens (including phenoxy) is 5. The van der Waals surface area contributed by atoms with Crippen molar-refractivity contribution in [3.05, 3.63) is 108 Å². The summed E-state index contributed by atoms with van der Waals surface area (Å²) in [7, 11) is 0. The van der Waals surface area contributed by atoms with Crippen LogP contribution in [0, 0.1) is 11.6 Å². The van der Waals surface area contributed by atoms with Gasteiger partial charge in [-0.3, -0.25) is 4.90 Å². The Bertz CT molecular complexity index is 1620. The van der Waals surface area contributed by atoms with Crippen molar-refractivity contribution in [2.45, 2.75) is 57.6 Å². The second-order valence-electron chi connectivity index (χ2n) is 12.3. The Kier molecular flexibility index (Phi) is 9.44. The minimum atomic E-state index is -0.736. The summed E-state index contributed by atoms with van der Waals surface area (Å²) >= 11 is 0. The van der Waals surface area contributed by atoms with Crippen LogP contribution in [0.3, 0.4) is 0 Å². The van der Waals surface area contributed by atoms with Gasteiger partial charge in [-0.05, 0) is 61.2 Å². The topological polar surface area (TPSA) is 52.6 Å². The summed E-state index contributed by atoms with van der Waals surface area (Å²) in [6.07, 6.45) is 3.51. The van der Waals surface area contributed by atoms with E-state index >= 15 is 8.78 Å². The molecule has 0 N–H and O–H groups in total. The highest BCUT2D eigenvalue weighted by Gasteiger charge is 2.34. The molecule has 7 nitrogen and oxygen atoms in total. The lowest BCUT2D eigenvalue weighted by Crippen LogP contribution is -2.53. The predicted molar refractivity (Wildman–Crippen MR) is 176 cm³/mol. The van der Waals surface area contributed by atoms with E-state index in [0.717, 1.165) is 43.4 Å². The van der Waals surface area contributed by atoms with Crippen molar-refractivity contribution in [1.82, 2.24) is 4.90 Å². The average molecular weight is 643 g/mol. The third kappa shape index (κ3) is 7.16. The highest BCUT2D eigenvalue weighted by atomic mass is 19.1. The van der Waals surface area contributed by atoms with Crippen molar-refractivity contribution in [3.63, 3.8) is 0 Å². The molecule has 246 valence electrons. The van der Waals surface area contributed by atoms with Gasteiger partial charge in [0.2, 0.25) is 0 Å². The Balaban J connectivity index is 1.16. The Morgan fingerprint density at radius 2 is 1.62 bits per heavy atom. The number of nitrogens with zero attached hydrogens (tertiary/aromatic N) is 2. The molecule has 1 unspecified atom stereocenters. The molecule has 3 aliphatic rings. The van der Waals surface area contributed by atoms with E-state index < -0.39 is 11.6 Å². The van der Waals surface area contributed by atoms with Crippen LogP contribution in [0.4, 0.5) is 20.2 Å². The summed E-state index contributed by atoms with van der Waals surface area (Å²) in [4.78, 5) is 4.13. The van der Waals surface area contributed by atoms with E-state index in [0.29, 0.717) is 54.9 Å². The lowest BCUT2D eigenvalue weighted by Gasteiger charge is -2.40. The molecule has 4 aromatic rings. The second kappa shape index (κ2) is 14.2. The van der Waals surface area contributed by atoms with Crippen molar-refractivity contribution < 1.29 is 32.5 Å². The van der Waals surface area contributed by atoms with Crippen LogP contribution in [0.2, 0.25) is 0 Å². The fourth-order valence-corrected chi connectivity index (χ4v) is 6.40. The lowest BCUT2D eigenvalue weighted by molar-refractivity contribution is -0.105. The van der Waals surface area contributed by atoms with E-state index in [-0.39, 0.29) is 30.8 Å². The van der Waals surface area contributed by atoms with Gasteiger partial charge in [-0.15, -0.1) is 0 Å². The molecule has 0 aromatic heterocycles. The number of halogens is 2. The zero-order chi connectivity index (χ0) is 32.2. The maximum Gasteiger partial charge on any atom is 0.199 e. The third-order valence-electron chi connectivity index (χ3n) is 8.83. The number of rotatable bonds is 11. The summed E-state index contributed by atoms with van der Waals surface area (Å²) < 4.78 is 61.2. The summed E-state index contributed by atoms with van der Waals surface area (Å²) in [5.74, 6) is 0.0937. The van der Waals surface area contributed by atoms with Gasteiger partial charge in [0.1, 0.15) is 36.6 Å². The average Bonchev–Trinajstić information content (AvgIpc) is 3.08. The van der Waals surface area contributed by atoms with Gasteiger partial charge in [0, 0.05) is 43.4 Å². The standard InChI is InChI=1S/C38H40F2N2O5/c1-2-17-41-22-31(23-41)47-38-32(39)19-28(20-33(38)40)42-34-16-15-30(44-24-26-8-4-3-5-9-26)21-36(34)45-25-35(42)27-11-13-29(14-12-27)46-37-10-6-7-18-43-37/h3-5,8-9,11-16,19-21,31,35,37H,2,6-7,10,17-18,22-25H2,1H3/t35-,37?/m0/s1. The van der Waals surface area contributed by atoms with Gasteiger partial charge in [0.05, 0.1) is 18.3 Å². The van der Waals surface area contributed by atoms with Crippen LogP contribution >= 0.6 is 0 Å². The zero-order valence-electron chi connectivity index (χ0n) is 26.6. The Morgan fingerprint density at radius 1 is 0.851 bits per heavy atom. The molecule has 0 aliphatic carbocycles. The van der Waals surface area contributed by atoms with Crippen molar-refractivity contribution in [1.29, 1.82) is 0 Å². The van der Waals surface area contributed by atoms with Crippen molar-refractivity contribution >= 4 is 11.4 Å². The van der Waals surface area contributed by atoms with Crippen LogP contribution in [0.15, 0.2) is 84.9 Å². The molecule has 0 amide bonds. The fourth-order valence-electron chi connectivity index (χ4n) is 6.40. The number of hydrogen-bond donors (Lipinski definition) is 0.